The Morgan fingerprint density at radius 2 is 2.05 bits per heavy atom. The molecule has 5 N–H and O–H groups in total. The van der Waals surface area contributed by atoms with Crippen molar-refractivity contribution in [3.8, 4) is 0 Å². The summed E-state index contributed by atoms with van der Waals surface area (Å²) >= 11 is 1.74. The van der Waals surface area contributed by atoms with Gasteiger partial charge in [0.2, 0.25) is 5.95 Å². The zero-order valence-electron chi connectivity index (χ0n) is 11.4. The van der Waals surface area contributed by atoms with Crippen molar-refractivity contribution in [2.75, 3.05) is 18.1 Å². The van der Waals surface area contributed by atoms with Crippen LogP contribution in [0.25, 0.3) is 11.2 Å². The lowest BCUT2D eigenvalue weighted by molar-refractivity contribution is 0.249. The van der Waals surface area contributed by atoms with Crippen molar-refractivity contribution in [1.82, 2.24) is 19.5 Å². The third-order valence-electron chi connectivity index (χ3n) is 4.10. The number of thioether (sulfide) groups is 1. The van der Waals surface area contributed by atoms with E-state index < -0.39 is 0 Å². The van der Waals surface area contributed by atoms with E-state index >= 15 is 0 Å². The number of fused-ring (bicyclic) bond motifs is 1. The van der Waals surface area contributed by atoms with Gasteiger partial charge in [0.1, 0.15) is 5.52 Å². The van der Waals surface area contributed by atoms with Crippen LogP contribution in [0.5, 0.6) is 0 Å². The lowest BCUT2D eigenvalue weighted by Gasteiger charge is -2.18. The first-order chi connectivity index (χ1) is 9.52. The Labute approximate surface area is 120 Å². The molecule has 0 aromatic carbocycles. The fourth-order valence-electron chi connectivity index (χ4n) is 2.70. The molecule has 2 aromatic rings. The normalized spacial score (nSPS) is 30.1. The van der Waals surface area contributed by atoms with Crippen LogP contribution < -0.4 is 11.5 Å². The first-order valence-corrected chi connectivity index (χ1v) is 7.49. The average Bonchev–Trinajstić information content (AvgIpc) is 2.93. The lowest BCUT2D eigenvalue weighted by Crippen LogP contribution is -2.18. The molecule has 1 aliphatic heterocycles. The highest BCUT2D eigenvalue weighted by molar-refractivity contribution is 8.00. The predicted molar refractivity (Wildman–Crippen MR) is 80.0 cm³/mol. The number of imidazole rings is 1. The van der Waals surface area contributed by atoms with Crippen molar-refractivity contribution in [2.24, 2.45) is 11.8 Å². The Hall–Kier alpha value is -1.54. The molecule has 4 unspecified atom stereocenters. The van der Waals surface area contributed by atoms with E-state index in [9.17, 15) is 5.11 Å². The Balaban J connectivity index is 2.07. The molecule has 0 aliphatic carbocycles. The third kappa shape index (κ3) is 1.90. The van der Waals surface area contributed by atoms with Crippen LogP contribution in [0.4, 0.5) is 11.8 Å². The molecule has 108 valence electrons. The summed E-state index contributed by atoms with van der Waals surface area (Å²) in [5, 5.41) is 9.85. The summed E-state index contributed by atoms with van der Waals surface area (Å²) < 4.78 is 1.99. The topological polar surface area (TPSA) is 116 Å². The number of aliphatic hydroxyl groups is 1. The molecule has 1 aliphatic rings. The van der Waals surface area contributed by atoms with Crippen LogP contribution >= 0.6 is 11.8 Å². The maximum absolute atomic E-state index is 9.46. The molecule has 0 bridgehead atoms. The Bertz CT molecular complexity index is 644. The van der Waals surface area contributed by atoms with Gasteiger partial charge in [0.15, 0.2) is 11.5 Å². The van der Waals surface area contributed by atoms with Gasteiger partial charge in [-0.2, -0.15) is 9.97 Å². The summed E-state index contributed by atoms with van der Waals surface area (Å²) in [6.45, 7) is 4.52. The van der Waals surface area contributed by atoms with Crippen LogP contribution in [-0.4, -0.2) is 36.5 Å². The molecule has 2 aromatic heterocycles. The van der Waals surface area contributed by atoms with E-state index in [1.54, 1.807) is 18.1 Å². The maximum atomic E-state index is 9.46. The molecule has 0 spiro atoms. The van der Waals surface area contributed by atoms with Crippen molar-refractivity contribution in [3.63, 3.8) is 0 Å². The first-order valence-electron chi connectivity index (χ1n) is 6.54. The van der Waals surface area contributed by atoms with Crippen LogP contribution in [0, 0.1) is 11.8 Å². The van der Waals surface area contributed by atoms with Gasteiger partial charge in [0.25, 0.3) is 0 Å². The second-order valence-corrected chi connectivity index (χ2v) is 6.62. The molecule has 3 heterocycles. The molecule has 0 saturated carbocycles. The summed E-state index contributed by atoms with van der Waals surface area (Å²) in [6.07, 6.45) is 1.73. The SMILES string of the molecule is CC1C(CO)SC(n2cnc3c(N)nc(N)nc32)C1C. The van der Waals surface area contributed by atoms with Gasteiger partial charge < -0.3 is 21.1 Å². The van der Waals surface area contributed by atoms with Crippen molar-refractivity contribution in [3.05, 3.63) is 6.33 Å². The zero-order chi connectivity index (χ0) is 14.4. The van der Waals surface area contributed by atoms with Crippen LogP contribution in [0.15, 0.2) is 6.33 Å². The summed E-state index contributed by atoms with van der Waals surface area (Å²) in [7, 11) is 0. The van der Waals surface area contributed by atoms with Gasteiger partial charge >= 0.3 is 0 Å². The van der Waals surface area contributed by atoms with E-state index in [4.69, 9.17) is 11.5 Å². The van der Waals surface area contributed by atoms with Crippen molar-refractivity contribution >= 4 is 34.7 Å². The Kier molecular flexibility index (Phi) is 3.21. The predicted octanol–water partition coefficient (Wildman–Crippen LogP) is 0.869. The molecule has 7 nitrogen and oxygen atoms in total. The number of anilines is 2. The molecule has 1 fully saturated rings. The minimum atomic E-state index is 0.152. The number of hydrogen-bond donors (Lipinski definition) is 3. The highest BCUT2D eigenvalue weighted by atomic mass is 32.2. The van der Waals surface area contributed by atoms with Gasteiger partial charge in [0.05, 0.1) is 18.3 Å². The molecule has 3 rings (SSSR count). The van der Waals surface area contributed by atoms with E-state index in [1.807, 2.05) is 4.57 Å². The van der Waals surface area contributed by atoms with Gasteiger partial charge in [-0.25, -0.2) is 4.98 Å². The number of hydrogen-bond acceptors (Lipinski definition) is 7. The van der Waals surface area contributed by atoms with Crippen LogP contribution in [-0.2, 0) is 0 Å². The number of nitrogens with zero attached hydrogens (tertiary/aromatic N) is 4. The number of nitrogens with two attached hydrogens (primary N) is 2. The molecule has 8 heteroatoms. The van der Waals surface area contributed by atoms with E-state index in [0.29, 0.717) is 28.8 Å². The number of aromatic nitrogens is 4. The minimum absolute atomic E-state index is 0.152. The zero-order valence-corrected chi connectivity index (χ0v) is 12.2. The van der Waals surface area contributed by atoms with Crippen LogP contribution in [0.1, 0.15) is 19.2 Å². The lowest BCUT2D eigenvalue weighted by atomic mass is 9.93. The van der Waals surface area contributed by atoms with Gasteiger partial charge in [-0.1, -0.05) is 13.8 Å². The number of rotatable bonds is 2. The molecular formula is C12H18N6OS. The summed E-state index contributed by atoms with van der Waals surface area (Å²) in [6, 6.07) is 0. The fraction of sp³-hybridized carbons (Fsp3) is 0.583. The molecular weight excluding hydrogens is 276 g/mol. The average molecular weight is 294 g/mol. The Morgan fingerprint density at radius 1 is 1.30 bits per heavy atom. The highest BCUT2D eigenvalue weighted by Crippen LogP contribution is 2.49. The van der Waals surface area contributed by atoms with Crippen molar-refractivity contribution < 1.29 is 5.11 Å². The van der Waals surface area contributed by atoms with E-state index in [-0.39, 0.29) is 23.2 Å². The highest BCUT2D eigenvalue weighted by Gasteiger charge is 2.40. The van der Waals surface area contributed by atoms with Crippen molar-refractivity contribution in [2.45, 2.75) is 24.5 Å². The molecule has 1 saturated heterocycles. The molecule has 4 atom stereocenters. The maximum Gasteiger partial charge on any atom is 0.224 e. The second kappa shape index (κ2) is 4.78. The molecule has 0 radical (unpaired) electrons. The quantitative estimate of drug-likeness (QED) is 0.752. The summed E-state index contributed by atoms with van der Waals surface area (Å²) in [4.78, 5) is 12.5. The minimum Gasteiger partial charge on any atom is -0.395 e. The monoisotopic (exact) mass is 294 g/mol. The van der Waals surface area contributed by atoms with E-state index in [2.05, 4.69) is 28.8 Å². The second-order valence-electron chi connectivity index (χ2n) is 5.26. The largest absolute Gasteiger partial charge is 0.395 e. The smallest absolute Gasteiger partial charge is 0.224 e. The van der Waals surface area contributed by atoms with Crippen LogP contribution in [0.2, 0.25) is 0 Å². The van der Waals surface area contributed by atoms with Crippen LogP contribution in [0.3, 0.4) is 0 Å². The summed E-state index contributed by atoms with van der Waals surface area (Å²) in [5.74, 6) is 1.27. The van der Waals surface area contributed by atoms with Crippen molar-refractivity contribution in [1.29, 1.82) is 0 Å². The standard InChI is InChI=1S/C12H18N6OS/c1-5-6(2)11(20-7(5)3-19)18-4-15-8-9(13)16-12(14)17-10(8)18/h4-7,11,19H,3H2,1-2H3,(H4,13,14,16,17). The van der Waals surface area contributed by atoms with Gasteiger partial charge in [0, 0.05) is 5.25 Å². The molecule has 0 amide bonds. The fourth-order valence-corrected chi connectivity index (χ4v) is 4.42. The van der Waals surface area contributed by atoms with Gasteiger partial charge in [-0.3, -0.25) is 0 Å². The number of nitrogen functional groups attached to an aromatic ring is 2. The first kappa shape index (κ1) is 13.4. The van der Waals surface area contributed by atoms with E-state index in [1.165, 1.54) is 0 Å². The van der Waals surface area contributed by atoms with Gasteiger partial charge in [-0.05, 0) is 11.8 Å². The summed E-state index contributed by atoms with van der Waals surface area (Å²) in [5.41, 5.74) is 12.7. The number of aliphatic hydroxyl groups excluding tert-OH is 1. The molecule has 20 heavy (non-hydrogen) atoms. The third-order valence-corrected chi connectivity index (χ3v) is 5.96. The van der Waals surface area contributed by atoms with Gasteiger partial charge in [-0.15, -0.1) is 11.8 Å². The van der Waals surface area contributed by atoms with E-state index in [0.717, 1.165) is 0 Å². The Morgan fingerprint density at radius 3 is 2.70 bits per heavy atom.